The lowest BCUT2D eigenvalue weighted by atomic mass is 10.1. The number of aldehydes is 1. The Morgan fingerprint density at radius 3 is 2.95 bits per heavy atom. The highest BCUT2D eigenvalue weighted by Gasteiger charge is 2.21. The first-order chi connectivity index (χ1) is 9.85. The van der Waals surface area contributed by atoms with Crippen LogP contribution in [0, 0.1) is 0 Å². The second kappa shape index (κ2) is 5.52. The minimum absolute atomic E-state index is 0.481. The zero-order valence-corrected chi connectivity index (χ0v) is 10.6. The maximum atomic E-state index is 10.7. The second-order valence-corrected chi connectivity index (χ2v) is 4.32. The molecule has 0 radical (unpaired) electrons. The number of aromatic nitrogens is 1. The minimum atomic E-state index is -0.481. The Kier molecular flexibility index (Phi) is 3.41. The molecule has 100 valence electrons. The fraction of sp³-hybridized carbons (Fsp3) is 0.133. The molecule has 1 aliphatic heterocycles. The molecule has 0 amide bonds. The minimum Gasteiger partial charge on any atom is -0.439 e. The van der Waals surface area contributed by atoms with Crippen molar-refractivity contribution < 1.29 is 14.4 Å². The molecule has 0 aliphatic carbocycles. The molecule has 2 heterocycles. The van der Waals surface area contributed by atoms with Crippen LogP contribution in [0.3, 0.4) is 0 Å². The monoisotopic (exact) mass is 268 g/mol. The molecule has 0 spiro atoms. The summed E-state index contributed by atoms with van der Waals surface area (Å²) in [6, 6.07) is 12.9. The number of hydrogen-bond acceptors (Lipinski definition) is 5. The summed E-state index contributed by atoms with van der Waals surface area (Å²) in [7, 11) is 0. The Hall–Kier alpha value is -2.69. The van der Waals surface area contributed by atoms with Crippen molar-refractivity contribution in [2.24, 2.45) is 5.16 Å². The first-order valence-corrected chi connectivity index (χ1v) is 6.22. The molecule has 0 bridgehead atoms. The molecule has 1 aromatic carbocycles. The highest BCUT2D eigenvalue weighted by molar-refractivity contribution is 6.02. The van der Waals surface area contributed by atoms with Crippen LogP contribution in [-0.2, 0) is 9.63 Å². The molecule has 5 nitrogen and oxygen atoms in total. The normalized spacial score (nSPS) is 17.2. The molecule has 0 saturated heterocycles. The first kappa shape index (κ1) is 12.3. The van der Waals surface area contributed by atoms with Crippen LogP contribution in [-0.4, -0.2) is 23.1 Å². The molecular formula is C15H12N2O3. The molecule has 2 aromatic rings. The standard InChI is InChI=1S/C15H12N2O3/c18-10-13-9-14(17-20-13)11-4-3-5-12(8-11)19-15-6-1-2-7-16-15/h1-8,10,13H,9H2. The van der Waals surface area contributed by atoms with Gasteiger partial charge < -0.3 is 9.57 Å². The molecule has 1 atom stereocenters. The number of nitrogens with zero attached hydrogens (tertiary/aromatic N) is 2. The quantitative estimate of drug-likeness (QED) is 0.799. The molecule has 5 heteroatoms. The fourth-order valence-electron chi connectivity index (χ4n) is 1.91. The predicted molar refractivity (Wildman–Crippen MR) is 72.8 cm³/mol. The summed E-state index contributed by atoms with van der Waals surface area (Å²) in [5.74, 6) is 1.19. The SMILES string of the molecule is O=CC1CC(c2cccc(Oc3ccccn3)c2)=NO1. The molecule has 1 unspecified atom stereocenters. The number of oxime groups is 1. The summed E-state index contributed by atoms with van der Waals surface area (Å²) < 4.78 is 5.66. The number of rotatable bonds is 4. The summed E-state index contributed by atoms with van der Waals surface area (Å²) in [6.07, 6.45) is 2.43. The second-order valence-electron chi connectivity index (χ2n) is 4.32. The van der Waals surface area contributed by atoms with Crippen LogP contribution in [0.4, 0.5) is 0 Å². The lowest BCUT2D eigenvalue weighted by Gasteiger charge is -2.06. The lowest BCUT2D eigenvalue weighted by Crippen LogP contribution is -2.09. The van der Waals surface area contributed by atoms with Gasteiger partial charge in [-0.3, -0.25) is 4.79 Å². The van der Waals surface area contributed by atoms with E-state index >= 15 is 0 Å². The van der Waals surface area contributed by atoms with Gasteiger partial charge in [0.1, 0.15) is 5.75 Å². The maximum Gasteiger partial charge on any atom is 0.219 e. The Morgan fingerprint density at radius 1 is 1.25 bits per heavy atom. The van der Waals surface area contributed by atoms with Crippen molar-refractivity contribution in [3.8, 4) is 11.6 Å². The zero-order valence-electron chi connectivity index (χ0n) is 10.6. The summed E-state index contributed by atoms with van der Waals surface area (Å²) in [5.41, 5.74) is 1.62. The zero-order chi connectivity index (χ0) is 13.8. The van der Waals surface area contributed by atoms with Crippen LogP contribution in [0.2, 0.25) is 0 Å². The average molecular weight is 268 g/mol. The van der Waals surface area contributed by atoms with Gasteiger partial charge in [0, 0.05) is 24.2 Å². The maximum absolute atomic E-state index is 10.7. The average Bonchev–Trinajstić information content (AvgIpc) is 2.98. The third kappa shape index (κ3) is 2.66. The number of carbonyl (C=O) groups excluding carboxylic acids is 1. The van der Waals surface area contributed by atoms with Crippen molar-refractivity contribution in [3.05, 3.63) is 54.2 Å². The van der Waals surface area contributed by atoms with Crippen molar-refractivity contribution in [1.29, 1.82) is 0 Å². The number of hydrogen-bond donors (Lipinski definition) is 0. The van der Waals surface area contributed by atoms with Gasteiger partial charge in [-0.25, -0.2) is 4.98 Å². The highest BCUT2D eigenvalue weighted by Crippen LogP contribution is 2.23. The van der Waals surface area contributed by atoms with E-state index in [1.54, 1.807) is 12.3 Å². The molecular weight excluding hydrogens is 256 g/mol. The predicted octanol–water partition coefficient (Wildman–Crippen LogP) is 2.57. The van der Waals surface area contributed by atoms with Crippen LogP contribution in [0.1, 0.15) is 12.0 Å². The molecule has 0 N–H and O–H groups in total. The van der Waals surface area contributed by atoms with E-state index in [4.69, 9.17) is 9.57 Å². The number of ether oxygens (including phenoxy) is 1. The number of pyridine rings is 1. The highest BCUT2D eigenvalue weighted by atomic mass is 16.6. The van der Waals surface area contributed by atoms with Gasteiger partial charge in [-0.05, 0) is 18.2 Å². The van der Waals surface area contributed by atoms with Gasteiger partial charge in [0.25, 0.3) is 0 Å². The van der Waals surface area contributed by atoms with Crippen LogP contribution >= 0.6 is 0 Å². The smallest absolute Gasteiger partial charge is 0.219 e. The van der Waals surface area contributed by atoms with Crippen molar-refractivity contribution in [2.45, 2.75) is 12.5 Å². The molecule has 0 saturated carbocycles. The Bertz CT molecular complexity index is 641. The first-order valence-electron chi connectivity index (χ1n) is 6.22. The fourth-order valence-corrected chi connectivity index (χ4v) is 1.91. The van der Waals surface area contributed by atoms with E-state index < -0.39 is 6.10 Å². The van der Waals surface area contributed by atoms with Gasteiger partial charge in [0.05, 0.1) is 5.71 Å². The van der Waals surface area contributed by atoms with Gasteiger partial charge in [-0.15, -0.1) is 0 Å². The molecule has 1 aliphatic rings. The Labute approximate surface area is 115 Å². The van der Waals surface area contributed by atoms with E-state index in [9.17, 15) is 4.79 Å². The van der Waals surface area contributed by atoms with Crippen LogP contribution in [0.15, 0.2) is 53.8 Å². The van der Waals surface area contributed by atoms with E-state index in [1.165, 1.54) is 0 Å². The van der Waals surface area contributed by atoms with Gasteiger partial charge in [-0.2, -0.15) is 0 Å². The van der Waals surface area contributed by atoms with Crippen LogP contribution in [0.25, 0.3) is 0 Å². The number of benzene rings is 1. The van der Waals surface area contributed by atoms with E-state index in [-0.39, 0.29) is 0 Å². The van der Waals surface area contributed by atoms with Crippen molar-refractivity contribution in [3.63, 3.8) is 0 Å². The number of carbonyl (C=O) groups is 1. The topological polar surface area (TPSA) is 60.8 Å². The van der Waals surface area contributed by atoms with Crippen molar-refractivity contribution in [2.75, 3.05) is 0 Å². The summed E-state index contributed by atoms with van der Waals surface area (Å²) in [6.45, 7) is 0. The van der Waals surface area contributed by atoms with Crippen LogP contribution < -0.4 is 4.74 Å². The summed E-state index contributed by atoms with van der Waals surface area (Å²) >= 11 is 0. The van der Waals surface area contributed by atoms with E-state index in [2.05, 4.69) is 10.1 Å². The lowest BCUT2D eigenvalue weighted by molar-refractivity contribution is -0.116. The third-order valence-corrected chi connectivity index (χ3v) is 2.87. The largest absolute Gasteiger partial charge is 0.439 e. The van der Waals surface area contributed by atoms with E-state index in [0.29, 0.717) is 18.1 Å². The third-order valence-electron chi connectivity index (χ3n) is 2.87. The molecule has 1 aromatic heterocycles. The van der Waals surface area contributed by atoms with Gasteiger partial charge in [0.2, 0.25) is 5.88 Å². The molecule has 3 rings (SSSR count). The molecule has 0 fully saturated rings. The summed E-state index contributed by atoms with van der Waals surface area (Å²) in [4.78, 5) is 19.8. The Morgan fingerprint density at radius 2 is 2.20 bits per heavy atom. The van der Waals surface area contributed by atoms with E-state index in [0.717, 1.165) is 17.6 Å². The van der Waals surface area contributed by atoms with Crippen LogP contribution in [0.5, 0.6) is 11.6 Å². The van der Waals surface area contributed by atoms with Gasteiger partial charge >= 0.3 is 0 Å². The van der Waals surface area contributed by atoms with Gasteiger partial charge in [0.15, 0.2) is 12.4 Å². The van der Waals surface area contributed by atoms with Gasteiger partial charge in [-0.1, -0.05) is 23.4 Å². The molecule has 20 heavy (non-hydrogen) atoms. The Balaban J connectivity index is 1.78. The van der Waals surface area contributed by atoms with E-state index in [1.807, 2.05) is 36.4 Å². The van der Waals surface area contributed by atoms with Crippen molar-refractivity contribution in [1.82, 2.24) is 4.98 Å². The summed E-state index contributed by atoms with van der Waals surface area (Å²) in [5, 5.41) is 3.92. The van der Waals surface area contributed by atoms with Crippen molar-refractivity contribution >= 4 is 12.0 Å².